The van der Waals surface area contributed by atoms with E-state index in [0.29, 0.717) is 11.3 Å². The molecule has 1 aromatic carbocycles. The summed E-state index contributed by atoms with van der Waals surface area (Å²) >= 11 is 0. The predicted molar refractivity (Wildman–Crippen MR) is 85.1 cm³/mol. The van der Waals surface area contributed by atoms with Crippen molar-refractivity contribution in [1.82, 2.24) is 5.32 Å². The van der Waals surface area contributed by atoms with E-state index < -0.39 is 30.5 Å². The van der Waals surface area contributed by atoms with E-state index in [-0.39, 0.29) is 6.61 Å². The van der Waals surface area contributed by atoms with Gasteiger partial charge in [-0.2, -0.15) is 13.2 Å². The second-order valence-corrected chi connectivity index (χ2v) is 5.23. The third-order valence-corrected chi connectivity index (χ3v) is 3.24. The number of esters is 1. The van der Waals surface area contributed by atoms with Gasteiger partial charge in [0.15, 0.2) is 0 Å². The highest BCUT2D eigenvalue weighted by molar-refractivity contribution is 5.94. The van der Waals surface area contributed by atoms with Gasteiger partial charge in [-0.05, 0) is 39.3 Å². The molecule has 1 rings (SSSR count). The number of ether oxygens (including phenoxy) is 2. The van der Waals surface area contributed by atoms with Crippen molar-refractivity contribution >= 4 is 17.7 Å². The van der Waals surface area contributed by atoms with Gasteiger partial charge in [-0.15, -0.1) is 0 Å². The maximum atomic E-state index is 13.5. The molecule has 1 aromatic rings. The summed E-state index contributed by atoms with van der Waals surface area (Å²) in [5.74, 6) is -1.74. The van der Waals surface area contributed by atoms with E-state index in [9.17, 15) is 22.8 Å². The minimum atomic E-state index is -5.21. The van der Waals surface area contributed by atoms with Crippen LogP contribution in [0, 0.1) is 13.8 Å². The molecule has 0 aliphatic carbocycles. The summed E-state index contributed by atoms with van der Waals surface area (Å²) in [5.41, 5.74) is -1.70. The van der Waals surface area contributed by atoms with Crippen LogP contribution >= 0.6 is 0 Å². The second-order valence-electron chi connectivity index (χ2n) is 5.23. The number of halogens is 3. The quantitative estimate of drug-likeness (QED) is 0.601. The third kappa shape index (κ3) is 4.85. The summed E-state index contributed by atoms with van der Waals surface area (Å²) < 4.78 is 49.5. The van der Waals surface area contributed by atoms with Crippen molar-refractivity contribution in [2.24, 2.45) is 0 Å². The van der Waals surface area contributed by atoms with Gasteiger partial charge in [0.2, 0.25) is 0 Å². The van der Waals surface area contributed by atoms with Crippen molar-refractivity contribution in [1.29, 1.82) is 0 Å². The van der Waals surface area contributed by atoms with Gasteiger partial charge in [-0.3, -0.25) is 5.32 Å². The zero-order valence-electron chi connectivity index (χ0n) is 14.4. The lowest BCUT2D eigenvalue weighted by Gasteiger charge is -2.33. The molecule has 0 unspecified atom stereocenters. The fourth-order valence-corrected chi connectivity index (χ4v) is 2.13. The Labute approximate surface area is 143 Å². The average Bonchev–Trinajstić information content (AvgIpc) is 2.48. The Hall–Kier alpha value is -2.29. The van der Waals surface area contributed by atoms with Crippen LogP contribution < -0.4 is 10.6 Å². The average molecular weight is 362 g/mol. The van der Waals surface area contributed by atoms with Crippen LogP contribution in [0.1, 0.15) is 25.0 Å². The van der Waals surface area contributed by atoms with Crippen molar-refractivity contribution < 1.29 is 32.2 Å². The molecule has 0 heterocycles. The normalized spacial score (nSPS) is 13.7. The lowest BCUT2D eigenvalue weighted by Crippen LogP contribution is -2.67. The Morgan fingerprint density at radius 2 is 1.76 bits per heavy atom. The van der Waals surface area contributed by atoms with Gasteiger partial charge in [0.05, 0.1) is 6.61 Å². The van der Waals surface area contributed by atoms with Crippen molar-refractivity contribution in [3.63, 3.8) is 0 Å². The number of hydrogen-bond donors (Lipinski definition) is 2. The predicted octanol–water partition coefficient (Wildman–Crippen LogP) is 3.28. The number of anilines is 1. The Balaban J connectivity index is 3.11. The van der Waals surface area contributed by atoms with Gasteiger partial charge in [-0.25, -0.2) is 9.59 Å². The Morgan fingerprint density at radius 3 is 2.24 bits per heavy atom. The molecule has 0 saturated heterocycles. The molecule has 2 amide bonds. The van der Waals surface area contributed by atoms with Gasteiger partial charge in [0.1, 0.15) is 0 Å². The molecule has 0 radical (unpaired) electrons. The van der Waals surface area contributed by atoms with Crippen LogP contribution in [0.25, 0.3) is 0 Å². The van der Waals surface area contributed by atoms with Crippen LogP contribution in [0.3, 0.4) is 0 Å². The molecular formula is C16H21F3N2O4. The molecule has 0 aliphatic rings. The maximum Gasteiger partial charge on any atom is 0.448 e. The molecule has 0 fully saturated rings. The molecule has 0 aliphatic heterocycles. The SMILES string of the molecule is CCOC(=O)[C@@](NC(=O)Nc1ccc(C)cc1C)(OCC)C(F)(F)F. The fraction of sp³-hybridized carbons (Fsp3) is 0.500. The van der Waals surface area contributed by atoms with Gasteiger partial charge in [-0.1, -0.05) is 17.7 Å². The lowest BCUT2D eigenvalue weighted by atomic mass is 10.1. The van der Waals surface area contributed by atoms with Crippen LogP contribution in [-0.2, 0) is 14.3 Å². The van der Waals surface area contributed by atoms with Crippen LogP contribution in [0.2, 0.25) is 0 Å². The van der Waals surface area contributed by atoms with E-state index in [2.05, 4.69) is 14.8 Å². The number of alkyl halides is 3. The maximum absolute atomic E-state index is 13.5. The highest BCUT2D eigenvalue weighted by atomic mass is 19.4. The second kappa shape index (κ2) is 8.19. The van der Waals surface area contributed by atoms with Crippen LogP contribution in [0.4, 0.5) is 23.7 Å². The smallest absolute Gasteiger partial charge is 0.448 e. The summed E-state index contributed by atoms with van der Waals surface area (Å²) in [7, 11) is 0. The van der Waals surface area contributed by atoms with Gasteiger partial charge in [0.25, 0.3) is 0 Å². The molecule has 25 heavy (non-hydrogen) atoms. The number of rotatable bonds is 6. The van der Waals surface area contributed by atoms with Gasteiger partial charge < -0.3 is 14.8 Å². The molecule has 6 nitrogen and oxygen atoms in total. The number of nitrogens with one attached hydrogen (secondary N) is 2. The minimum Gasteiger partial charge on any atom is -0.462 e. The van der Waals surface area contributed by atoms with Crippen LogP contribution in [0.5, 0.6) is 0 Å². The van der Waals surface area contributed by atoms with Crippen LogP contribution in [0.15, 0.2) is 18.2 Å². The highest BCUT2D eigenvalue weighted by Gasteiger charge is 2.64. The van der Waals surface area contributed by atoms with E-state index in [4.69, 9.17) is 0 Å². The molecule has 0 saturated carbocycles. The molecular weight excluding hydrogens is 341 g/mol. The first-order chi connectivity index (χ1) is 11.6. The summed E-state index contributed by atoms with van der Waals surface area (Å²) in [6, 6.07) is 3.74. The standard InChI is InChI=1S/C16H21F3N2O4/c1-5-24-13(22)15(25-6-2,16(17,18)19)21-14(23)20-12-8-7-10(3)9-11(12)4/h7-9H,5-6H2,1-4H3,(H2,20,21,23)/t15-/m1/s1. The van der Waals surface area contributed by atoms with Crippen molar-refractivity contribution in [3.8, 4) is 0 Å². The van der Waals surface area contributed by atoms with E-state index in [1.165, 1.54) is 13.8 Å². The summed E-state index contributed by atoms with van der Waals surface area (Å²) in [4.78, 5) is 24.0. The summed E-state index contributed by atoms with van der Waals surface area (Å²) in [6.07, 6.45) is -5.21. The first kappa shape index (κ1) is 20.8. The Morgan fingerprint density at radius 1 is 1.12 bits per heavy atom. The molecule has 0 spiro atoms. The largest absolute Gasteiger partial charge is 0.462 e. The van der Waals surface area contributed by atoms with E-state index in [0.717, 1.165) is 5.56 Å². The molecule has 9 heteroatoms. The summed E-state index contributed by atoms with van der Waals surface area (Å²) in [5, 5.41) is 3.86. The Bertz CT molecular complexity index is 634. The molecule has 0 aromatic heterocycles. The number of amides is 2. The number of benzene rings is 1. The van der Waals surface area contributed by atoms with Crippen molar-refractivity contribution in [3.05, 3.63) is 29.3 Å². The zero-order valence-corrected chi connectivity index (χ0v) is 14.4. The van der Waals surface area contributed by atoms with Crippen molar-refractivity contribution in [2.75, 3.05) is 18.5 Å². The molecule has 0 bridgehead atoms. The number of hydrogen-bond acceptors (Lipinski definition) is 4. The molecule has 140 valence electrons. The first-order valence-corrected chi connectivity index (χ1v) is 7.61. The van der Waals surface area contributed by atoms with Gasteiger partial charge >= 0.3 is 23.9 Å². The Kier molecular flexibility index (Phi) is 6.80. The number of carbonyl (C=O) groups is 2. The minimum absolute atomic E-state index is 0.301. The lowest BCUT2D eigenvalue weighted by molar-refractivity contribution is -0.282. The topological polar surface area (TPSA) is 76.7 Å². The number of carbonyl (C=O) groups excluding carboxylic acids is 2. The number of urea groups is 1. The zero-order chi connectivity index (χ0) is 19.3. The molecule has 1 atom stereocenters. The monoisotopic (exact) mass is 362 g/mol. The van der Waals surface area contributed by atoms with Crippen molar-refractivity contribution in [2.45, 2.75) is 39.6 Å². The molecule has 2 N–H and O–H groups in total. The highest BCUT2D eigenvalue weighted by Crippen LogP contribution is 2.33. The van der Waals surface area contributed by atoms with Crippen LogP contribution in [-0.4, -0.2) is 37.1 Å². The summed E-state index contributed by atoms with van der Waals surface area (Å²) in [6.45, 7) is 5.37. The van der Waals surface area contributed by atoms with E-state index in [1.807, 2.05) is 6.92 Å². The number of aryl methyl sites for hydroxylation is 2. The van der Waals surface area contributed by atoms with E-state index in [1.54, 1.807) is 30.4 Å². The third-order valence-electron chi connectivity index (χ3n) is 3.24. The fourth-order valence-electron chi connectivity index (χ4n) is 2.13. The van der Waals surface area contributed by atoms with Gasteiger partial charge in [0, 0.05) is 12.3 Å². The first-order valence-electron chi connectivity index (χ1n) is 7.61. The van der Waals surface area contributed by atoms with E-state index >= 15 is 0 Å².